The number of aryl methyl sites for hydroxylation is 1. The Hall–Kier alpha value is -2.37. The molecule has 0 bridgehead atoms. The number of non-ortho nitro benzene ring substituents is 1. The molecule has 0 spiro atoms. The predicted molar refractivity (Wildman–Crippen MR) is 98.2 cm³/mol. The third-order valence-corrected chi connectivity index (χ3v) is 5.69. The predicted octanol–water partition coefficient (Wildman–Crippen LogP) is 3.61. The van der Waals surface area contributed by atoms with E-state index in [9.17, 15) is 14.9 Å². The number of amides is 1. The lowest BCUT2D eigenvalue weighted by Gasteiger charge is -1.99. The number of benzene rings is 1. The second-order valence-electron chi connectivity index (χ2n) is 4.77. The van der Waals surface area contributed by atoms with E-state index in [1.54, 1.807) is 17.5 Å². The van der Waals surface area contributed by atoms with Gasteiger partial charge >= 0.3 is 0 Å². The van der Waals surface area contributed by atoms with Gasteiger partial charge in [-0.15, -0.1) is 21.5 Å². The number of hydrogen-bond acceptors (Lipinski definition) is 9. The molecule has 0 aliphatic rings. The summed E-state index contributed by atoms with van der Waals surface area (Å²) in [6.07, 6.45) is 0. The molecule has 8 nitrogen and oxygen atoms in total. The molecule has 0 radical (unpaired) electrons. The van der Waals surface area contributed by atoms with Gasteiger partial charge in [0.15, 0.2) is 9.47 Å². The molecule has 11 heteroatoms. The minimum atomic E-state index is -0.451. The fraction of sp³-hybridized carbons (Fsp3) is 0.143. The fourth-order valence-corrected chi connectivity index (χ4v) is 4.19. The normalized spacial score (nSPS) is 10.6. The first-order valence-corrected chi connectivity index (χ1v) is 9.62. The van der Waals surface area contributed by atoms with Crippen LogP contribution in [0.5, 0.6) is 0 Å². The number of thiazole rings is 1. The highest BCUT2D eigenvalue weighted by Crippen LogP contribution is 2.27. The zero-order valence-electron chi connectivity index (χ0n) is 12.8. The van der Waals surface area contributed by atoms with Crippen LogP contribution < -0.4 is 5.32 Å². The number of aromatic nitrogens is 3. The molecule has 0 atom stereocenters. The van der Waals surface area contributed by atoms with Gasteiger partial charge in [-0.05, 0) is 19.1 Å². The minimum Gasteiger partial charge on any atom is -0.301 e. The SMILES string of the molecule is Cc1nnc(SCC(=O)Nc2nc(-c3ccc([N+](=O)[O-])cc3)cs2)s1. The van der Waals surface area contributed by atoms with E-state index >= 15 is 0 Å². The summed E-state index contributed by atoms with van der Waals surface area (Å²) in [6.45, 7) is 1.86. The maximum absolute atomic E-state index is 12.0. The molecule has 0 saturated heterocycles. The highest BCUT2D eigenvalue weighted by molar-refractivity contribution is 8.01. The number of nitro benzene ring substituents is 1. The molecule has 3 rings (SSSR count). The summed E-state index contributed by atoms with van der Waals surface area (Å²) in [5.74, 6) is 0.0450. The molecule has 25 heavy (non-hydrogen) atoms. The number of carbonyl (C=O) groups is 1. The smallest absolute Gasteiger partial charge is 0.269 e. The Bertz CT molecular complexity index is 907. The van der Waals surface area contributed by atoms with Crippen LogP contribution in [0.1, 0.15) is 5.01 Å². The lowest BCUT2D eigenvalue weighted by atomic mass is 10.1. The number of rotatable bonds is 6. The highest BCUT2D eigenvalue weighted by Gasteiger charge is 2.11. The zero-order chi connectivity index (χ0) is 17.8. The molecule has 0 aliphatic carbocycles. The summed E-state index contributed by atoms with van der Waals surface area (Å²) in [5, 5.41) is 24.4. The van der Waals surface area contributed by atoms with Crippen molar-refractivity contribution < 1.29 is 9.72 Å². The van der Waals surface area contributed by atoms with Crippen LogP contribution in [0.4, 0.5) is 10.8 Å². The molecule has 128 valence electrons. The van der Waals surface area contributed by atoms with E-state index in [-0.39, 0.29) is 17.3 Å². The van der Waals surface area contributed by atoms with Gasteiger partial charge in [0, 0.05) is 23.1 Å². The first-order valence-electron chi connectivity index (χ1n) is 6.94. The van der Waals surface area contributed by atoms with Crippen LogP contribution in [-0.2, 0) is 4.79 Å². The van der Waals surface area contributed by atoms with Crippen molar-refractivity contribution in [1.29, 1.82) is 0 Å². The van der Waals surface area contributed by atoms with Crippen molar-refractivity contribution in [2.24, 2.45) is 0 Å². The summed E-state index contributed by atoms with van der Waals surface area (Å²) >= 11 is 4.06. The van der Waals surface area contributed by atoms with E-state index in [0.29, 0.717) is 10.8 Å². The molecule has 1 aromatic carbocycles. The van der Waals surface area contributed by atoms with Crippen molar-refractivity contribution in [3.05, 3.63) is 44.8 Å². The monoisotopic (exact) mass is 393 g/mol. The Labute approximate surface area is 154 Å². The summed E-state index contributed by atoms with van der Waals surface area (Å²) in [4.78, 5) is 26.5. The largest absolute Gasteiger partial charge is 0.301 e. The average molecular weight is 393 g/mol. The third kappa shape index (κ3) is 4.59. The molecule has 0 saturated carbocycles. The summed E-state index contributed by atoms with van der Waals surface area (Å²) in [5.41, 5.74) is 1.43. The van der Waals surface area contributed by atoms with Gasteiger partial charge in [-0.2, -0.15) is 0 Å². The molecular weight excluding hydrogens is 382 g/mol. The quantitative estimate of drug-likeness (QED) is 0.387. The maximum Gasteiger partial charge on any atom is 0.269 e. The summed E-state index contributed by atoms with van der Waals surface area (Å²) < 4.78 is 0.748. The van der Waals surface area contributed by atoms with Crippen LogP contribution in [0.2, 0.25) is 0 Å². The van der Waals surface area contributed by atoms with E-state index in [1.165, 1.54) is 46.6 Å². The average Bonchev–Trinajstić information content (AvgIpc) is 3.22. The molecule has 0 unspecified atom stereocenters. The van der Waals surface area contributed by atoms with Crippen molar-refractivity contribution in [1.82, 2.24) is 15.2 Å². The molecule has 2 aromatic heterocycles. The van der Waals surface area contributed by atoms with Gasteiger partial charge in [0.1, 0.15) is 5.01 Å². The first-order chi connectivity index (χ1) is 12.0. The van der Waals surface area contributed by atoms with Crippen molar-refractivity contribution in [3.8, 4) is 11.3 Å². The fourth-order valence-electron chi connectivity index (χ4n) is 1.84. The first kappa shape index (κ1) is 17.5. The minimum absolute atomic E-state index is 0.0245. The Kier molecular flexibility index (Phi) is 5.36. The van der Waals surface area contributed by atoms with Crippen LogP contribution in [-0.4, -0.2) is 31.8 Å². The van der Waals surface area contributed by atoms with E-state index in [0.717, 1.165) is 14.9 Å². The Balaban J connectivity index is 1.59. The van der Waals surface area contributed by atoms with E-state index in [4.69, 9.17) is 0 Å². The van der Waals surface area contributed by atoms with Crippen molar-refractivity contribution >= 4 is 51.2 Å². The number of nitrogens with one attached hydrogen (secondary N) is 1. The highest BCUT2D eigenvalue weighted by atomic mass is 32.2. The van der Waals surface area contributed by atoms with Crippen LogP contribution in [0.25, 0.3) is 11.3 Å². The second kappa shape index (κ2) is 7.68. The Morgan fingerprint density at radius 1 is 1.32 bits per heavy atom. The molecule has 1 amide bonds. The van der Waals surface area contributed by atoms with Crippen LogP contribution in [0.3, 0.4) is 0 Å². The second-order valence-corrected chi connectivity index (χ2v) is 8.03. The van der Waals surface area contributed by atoms with E-state index in [2.05, 4.69) is 20.5 Å². The molecule has 0 aliphatic heterocycles. The Morgan fingerprint density at radius 2 is 2.08 bits per heavy atom. The van der Waals surface area contributed by atoms with Crippen LogP contribution >= 0.6 is 34.4 Å². The lowest BCUT2D eigenvalue weighted by molar-refractivity contribution is -0.384. The van der Waals surface area contributed by atoms with Crippen molar-refractivity contribution in [3.63, 3.8) is 0 Å². The maximum atomic E-state index is 12.0. The number of nitro groups is 1. The van der Waals surface area contributed by atoms with E-state index in [1.807, 2.05) is 6.92 Å². The standard InChI is InChI=1S/C14H11N5O3S3/c1-8-17-18-14(25-8)24-7-12(20)16-13-15-11(6-23-13)9-2-4-10(5-3-9)19(21)22/h2-6H,7H2,1H3,(H,15,16,20). The number of anilines is 1. The lowest BCUT2D eigenvalue weighted by Crippen LogP contribution is -2.13. The van der Waals surface area contributed by atoms with Crippen LogP contribution in [0.15, 0.2) is 34.0 Å². The number of thioether (sulfide) groups is 1. The molecule has 2 heterocycles. The van der Waals surface area contributed by atoms with Gasteiger partial charge in [0.25, 0.3) is 5.69 Å². The summed E-state index contributed by atoms with van der Waals surface area (Å²) in [6, 6.07) is 6.11. The van der Waals surface area contributed by atoms with Gasteiger partial charge in [-0.25, -0.2) is 4.98 Å². The molecule has 3 aromatic rings. The third-order valence-electron chi connectivity index (χ3n) is 2.96. The van der Waals surface area contributed by atoms with Crippen molar-refractivity contribution in [2.75, 3.05) is 11.1 Å². The molecular formula is C14H11N5O3S3. The number of nitrogens with zero attached hydrogens (tertiary/aromatic N) is 4. The number of carbonyl (C=O) groups excluding carboxylic acids is 1. The van der Waals surface area contributed by atoms with Gasteiger partial charge < -0.3 is 5.32 Å². The molecule has 0 fully saturated rings. The van der Waals surface area contributed by atoms with Gasteiger partial charge in [-0.3, -0.25) is 14.9 Å². The van der Waals surface area contributed by atoms with Gasteiger partial charge in [0.05, 0.1) is 16.4 Å². The van der Waals surface area contributed by atoms with Crippen molar-refractivity contribution in [2.45, 2.75) is 11.3 Å². The summed E-state index contributed by atoms with van der Waals surface area (Å²) in [7, 11) is 0. The van der Waals surface area contributed by atoms with Gasteiger partial charge in [-0.1, -0.05) is 23.1 Å². The van der Waals surface area contributed by atoms with Gasteiger partial charge in [0.2, 0.25) is 5.91 Å². The topological polar surface area (TPSA) is 111 Å². The molecule has 1 N–H and O–H groups in total. The van der Waals surface area contributed by atoms with Crippen LogP contribution in [0, 0.1) is 17.0 Å². The Morgan fingerprint density at radius 3 is 2.72 bits per heavy atom. The number of hydrogen-bond donors (Lipinski definition) is 1. The van der Waals surface area contributed by atoms with E-state index < -0.39 is 4.92 Å². The zero-order valence-corrected chi connectivity index (χ0v) is 15.3.